The van der Waals surface area contributed by atoms with Gasteiger partial charge in [0.1, 0.15) is 0 Å². The lowest BCUT2D eigenvalue weighted by atomic mass is 10.0. The molecule has 1 aliphatic rings. The Balaban J connectivity index is 1.91. The van der Waals surface area contributed by atoms with Gasteiger partial charge in [-0.25, -0.2) is 4.79 Å². The zero-order valence-electron chi connectivity index (χ0n) is 10.1. The summed E-state index contributed by atoms with van der Waals surface area (Å²) in [6.45, 7) is 4.70. The topological polar surface area (TPSA) is 53.3 Å². The second kappa shape index (κ2) is 5.82. The van der Waals surface area contributed by atoms with Gasteiger partial charge in [-0.1, -0.05) is 0 Å². The van der Waals surface area contributed by atoms with Gasteiger partial charge in [-0.15, -0.1) is 0 Å². The van der Waals surface area contributed by atoms with Crippen molar-refractivity contribution >= 4 is 5.97 Å². The summed E-state index contributed by atoms with van der Waals surface area (Å²) in [6, 6.07) is 0. The van der Waals surface area contributed by atoms with E-state index in [0.29, 0.717) is 18.1 Å². The molecule has 1 aromatic heterocycles. The molecule has 0 radical (unpaired) electrons. The van der Waals surface area contributed by atoms with Crippen molar-refractivity contribution in [3.8, 4) is 0 Å². The summed E-state index contributed by atoms with van der Waals surface area (Å²) in [7, 11) is 0. The van der Waals surface area contributed by atoms with Crippen molar-refractivity contribution in [3.05, 3.63) is 18.0 Å². The molecule has 0 amide bonds. The van der Waals surface area contributed by atoms with Gasteiger partial charge < -0.3 is 9.47 Å². The van der Waals surface area contributed by atoms with E-state index in [1.54, 1.807) is 19.3 Å². The highest BCUT2D eigenvalue weighted by Gasteiger charge is 2.16. The molecule has 5 heteroatoms. The van der Waals surface area contributed by atoms with Crippen LogP contribution in [0.5, 0.6) is 0 Å². The van der Waals surface area contributed by atoms with Gasteiger partial charge in [0.25, 0.3) is 0 Å². The van der Waals surface area contributed by atoms with Crippen LogP contribution in [0.25, 0.3) is 0 Å². The van der Waals surface area contributed by atoms with Crippen LogP contribution in [0.1, 0.15) is 30.1 Å². The molecule has 0 aromatic carbocycles. The monoisotopic (exact) mass is 238 g/mol. The van der Waals surface area contributed by atoms with Gasteiger partial charge in [0.05, 0.1) is 18.4 Å². The first-order chi connectivity index (χ1) is 8.29. The van der Waals surface area contributed by atoms with Crippen LogP contribution in [-0.4, -0.2) is 35.6 Å². The van der Waals surface area contributed by atoms with Gasteiger partial charge >= 0.3 is 5.97 Å². The van der Waals surface area contributed by atoms with E-state index in [0.717, 1.165) is 32.6 Å². The molecule has 1 fully saturated rings. The van der Waals surface area contributed by atoms with Crippen LogP contribution < -0.4 is 0 Å². The van der Waals surface area contributed by atoms with E-state index in [1.165, 1.54) is 0 Å². The predicted molar refractivity (Wildman–Crippen MR) is 61.7 cm³/mol. The molecule has 0 spiro atoms. The molecule has 0 unspecified atom stereocenters. The number of carbonyl (C=O) groups is 1. The van der Waals surface area contributed by atoms with Crippen molar-refractivity contribution in [3.63, 3.8) is 0 Å². The predicted octanol–water partition coefficient (Wildman–Crippen LogP) is 1.49. The number of hydrogen-bond acceptors (Lipinski definition) is 4. The lowest BCUT2D eigenvalue weighted by Gasteiger charge is -2.21. The molecular weight excluding hydrogens is 220 g/mol. The van der Waals surface area contributed by atoms with Gasteiger partial charge in [0.15, 0.2) is 0 Å². The van der Waals surface area contributed by atoms with Gasteiger partial charge in [-0.2, -0.15) is 5.10 Å². The van der Waals surface area contributed by atoms with E-state index in [9.17, 15) is 4.79 Å². The largest absolute Gasteiger partial charge is 0.462 e. The number of rotatable bonds is 4. The molecule has 5 nitrogen and oxygen atoms in total. The summed E-state index contributed by atoms with van der Waals surface area (Å²) in [5.41, 5.74) is 0.527. The molecule has 0 N–H and O–H groups in total. The van der Waals surface area contributed by atoms with E-state index in [4.69, 9.17) is 9.47 Å². The third-order valence-electron chi connectivity index (χ3n) is 2.93. The Morgan fingerprint density at radius 2 is 2.35 bits per heavy atom. The Morgan fingerprint density at radius 1 is 1.59 bits per heavy atom. The fraction of sp³-hybridized carbons (Fsp3) is 0.667. The fourth-order valence-electron chi connectivity index (χ4n) is 1.98. The number of hydrogen-bond donors (Lipinski definition) is 0. The first kappa shape index (κ1) is 12.1. The second-order valence-electron chi connectivity index (χ2n) is 4.23. The van der Waals surface area contributed by atoms with Crippen molar-refractivity contribution in [1.82, 2.24) is 9.78 Å². The normalized spacial score (nSPS) is 17.0. The first-order valence-electron chi connectivity index (χ1n) is 6.07. The van der Waals surface area contributed by atoms with Crippen LogP contribution in [0, 0.1) is 5.92 Å². The molecule has 0 bridgehead atoms. The zero-order valence-corrected chi connectivity index (χ0v) is 10.1. The average molecular weight is 238 g/mol. The summed E-state index contributed by atoms with van der Waals surface area (Å²) in [5, 5.41) is 4.19. The maximum Gasteiger partial charge on any atom is 0.341 e. The van der Waals surface area contributed by atoms with Crippen LogP contribution in [0.2, 0.25) is 0 Å². The molecule has 2 heterocycles. The minimum atomic E-state index is -0.300. The Kier molecular flexibility index (Phi) is 4.14. The van der Waals surface area contributed by atoms with E-state index < -0.39 is 0 Å². The highest BCUT2D eigenvalue weighted by atomic mass is 16.5. The minimum Gasteiger partial charge on any atom is -0.462 e. The Morgan fingerprint density at radius 3 is 3.06 bits per heavy atom. The van der Waals surface area contributed by atoms with Gasteiger partial charge in [-0.05, 0) is 25.7 Å². The van der Waals surface area contributed by atoms with Crippen molar-refractivity contribution < 1.29 is 14.3 Å². The molecule has 1 aliphatic heterocycles. The standard InChI is InChI=1S/C12H18N2O3/c1-2-17-12(15)11-7-13-14(9-11)8-10-3-5-16-6-4-10/h7,9-10H,2-6,8H2,1H3. The van der Waals surface area contributed by atoms with E-state index in [1.807, 2.05) is 4.68 Å². The molecule has 1 saturated heterocycles. The van der Waals surface area contributed by atoms with Crippen LogP contribution in [-0.2, 0) is 16.0 Å². The summed E-state index contributed by atoms with van der Waals surface area (Å²) in [5.74, 6) is 0.296. The average Bonchev–Trinajstić information content (AvgIpc) is 2.79. The van der Waals surface area contributed by atoms with Crippen LogP contribution in [0.15, 0.2) is 12.4 Å². The van der Waals surface area contributed by atoms with Crippen LogP contribution in [0.3, 0.4) is 0 Å². The molecule has 17 heavy (non-hydrogen) atoms. The van der Waals surface area contributed by atoms with E-state index in [-0.39, 0.29) is 5.97 Å². The lowest BCUT2D eigenvalue weighted by molar-refractivity contribution is 0.0524. The quantitative estimate of drug-likeness (QED) is 0.746. The van der Waals surface area contributed by atoms with Crippen molar-refractivity contribution in [2.24, 2.45) is 5.92 Å². The van der Waals surface area contributed by atoms with Gasteiger partial charge in [-0.3, -0.25) is 4.68 Å². The number of carbonyl (C=O) groups excluding carboxylic acids is 1. The molecule has 0 atom stereocenters. The maximum atomic E-state index is 11.5. The van der Waals surface area contributed by atoms with Crippen molar-refractivity contribution in [1.29, 1.82) is 0 Å². The minimum absolute atomic E-state index is 0.300. The Bertz CT molecular complexity index is 370. The molecule has 0 aliphatic carbocycles. The van der Waals surface area contributed by atoms with E-state index >= 15 is 0 Å². The number of ether oxygens (including phenoxy) is 2. The first-order valence-corrected chi connectivity index (χ1v) is 6.07. The third kappa shape index (κ3) is 3.30. The molecule has 1 aromatic rings. The second-order valence-corrected chi connectivity index (χ2v) is 4.23. The maximum absolute atomic E-state index is 11.5. The summed E-state index contributed by atoms with van der Waals surface area (Å²) in [4.78, 5) is 11.5. The third-order valence-corrected chi connectivity index (χ3v) is 2.93. The molecule has 94 valence electrons. The molecule has 2 rings (SSSR count). The smallest absolute Gasteiger partial charge is 0.341 e. The van der Waals surface area contributed by atoms with Gasteiger partial charge in [0, 0.05) is 26.0 Å². The highest BCUT2D eigenvalue weighted by Crippen LogP contribution is 2.16. The van der Waals surface area contributed by atoms with Crippen molar-refractivity contribution in [2.75, 3.05) is 19.8 Å². The number of esters is 1. The Labute approximate surface area is 101 Å². The fourth-order valence-corrected chi connectivity index (χ4v) is 1.98. The lowest BCUT2D eigenvalue weighted by Crippen LogP contribution is -2.20. The van der Waals surface area contributed by atoms with Crippen LogP contribution in [0.4, 0.5) is 0 Å². The van der Waals surface area contributed by atoms with E-state index in [2.05, 4.69) is 5.10 Å². The number of nitrogens with zero attached hydrogens (tertiary/aromatic N) is 2. The summed E-state index contributed by atoms with van der Waals surface area (Å²) in [6.07, 6.45) is 5.45. The summed E-state index contributed by atoms with van der Waals surface area (Å²) < 4.78 is 12.0. The van der Waals surface area contributed by atoms with Crippen molar-refractivity contribution in [2.45, 2.75) is 26.3 Å². The molecular formula is C12H18N2O3. The molecule has 0 saturated carbocycles. The van der Waals surface area contributed by atoms with Crippen LogP contribution >= 0.6 is 0 Å². The SMILES string of the molecule is CCOC(=O)c1cnn(CC2CCOCC2)c1. The highest BCUT2D eigenvalue weighted by molar-refractivity contribution is 5.88. The zero-order chi connectivity index (χ0) is 12.1. The Hall–Kier alpha value is -1.36. The number of aromatic nitrogens is 2. The summed E-state index contributed by atoms with van der Waals surface area (Å²) >= 11 is 0. The van der Waals surface area contributed by atoms with Gasteiger partial charge in [0.2, 0.25) is 0 Å².